The van der Waals surface area contributed by atoms with Crippen molar-refractivity contribution < 1.29 is 9.18 Å². The number of anilines is 1. The van der Waals surface area contributed by atoms with Crippen molar-refractivity contribution >= 4 is 33.7 Å². The van der Waals surface area contributed by atoms with Crippen LogP contribution in [0.2, 0.25) is 0 Å². The van der Waals surface area contributed by atoms with Gasteiger partial charge in [0.05, 0.1) is 10.6 Å². The van der Waals surface area contributed by atoms with Crippen molar-refractivity contribution in [1.82, 2.24) is 9.88 Å². The second-order valence-corrected chi connectivity index (χ2v) is 9.17. The zero-order valence-corrected chi connectivity index (χ0v) is 17.3. The summed E-state index contributed by atoms with van der Waals surface area (Å²) in [6.45, 7) is 5.37. The number of likely N-dealkylation sites (tertiary alicyclic amines) is 1. The van der Waals surface area contributed by atoms with Crippen LogP contribution in [0.1, 0.15) is 35.1 Å². The largest absolute Gasteiger partial charge is 0.297 e. The van der Waals surface area contributed by atoms with Gasteiger partial charge in [0.2, 0.25) is 0 Å². The predicted octanol–water partition coefficient (Wildman–Crippen LogP) is 5.49. The fourth-order valence-electron chi connectivity index (χ4n) is 3.27. The summed E-state index contributed by atoms with van der Waals surface area (Å²) in [7, 11) is 0. The molecule has 28 heavy (non-hydrogen) atoms. The molecule has 7 heteroatoms. The molecule has 3 heterocycles. The Hall–Kier alpha value is -2.09. The molecule has 0 spiro atoms. The number of halogens is 1. The predicted molar refractivity (Wildman–Crippen MR) is 113 cm³/mol. The molecule has 1 saturated heterocycles. The second kappa shape index (κ2) is 8.51. The lowest BCUT2D eigenvalue weighted by Gasteiger charge is -2.29. The number of carbonyl (C=O) groups excluding carboxylic acids is 1. The van der Waals surface area contributed by atoms with Crippen LogP contribution in [-0.2, 0) is 6.54 Å². The third-order valence-electron chi connectivity index (χ3n) is 4.99. The first-order chi connectivity index (χ1) is 13.6. The molecule has 1 aliphatic heterocycles. The van der Waals surface area contributed by atoms with Gasteiger partial charge < -0.3 is 0 Å². The van der Waals surface area contributed by atoms with Gasteiger partial charge >= 0.3 is 0 Å². The van der Waals surface area contributed by atoms with Crippen molar-refractivity contribution in [1.29, 1.82) is 0 Å². The Morgan fingerprint density at radius 3 is 2.71 bits per heavy atom. The summed E-state index contributed by atoms with van der Waals surface area (Å²) < 4.78 is 13.1. The summed E-state index contributed by atoms with van der Waals surface area (Å²) in [6, 6.07) is 9.97. The molecule has 0 saturated carbocycles. The number of hydrogen-bond donors (Lipinski definition) is 1. The van der Waals surface area contributed by atoms with Gasteiger partial charge in [0.15, 0.2) is 5.13 Å². The Bertz CT molecular complexity index is 943. The number of rotatable bonds is 5. The number of aromatic nitrogens is 1. The topological polar surface area (TPSA) is 45.2 Å². The highest BCUT2D eigenvalue weighted by atomic mass is 32.1. The number of amides is 1. The lowest BCUT2D eigenvalue weighted by molar-refractivity contribution is 0.103. The summed E-state index contributed by atoms with van der Waals surface area (Å²) in [5, 5.41) is 5.54. The van der Waals surface area contributed by atoms with Crippen molar-refractivity contribution in [2.45, 2.75) is 26.3 Å². The van der Waals surface area contributed by atoms with E-state index in [2.05, 4.69) is 22.1 Å². The average Bonchev–Trinajstić information content (AvgIpc) is 3.34. The molecule has 2 aromatic heterocycles. The van der Waals surface area contributed by atoms with Crippen molar-refractivity contribution in [3.63, 3.8) is 0 Å². The molecule has 0 radical (unpaired) electrons. The van der Waals surface area contributed by atoms with Gasteiger partial charge in [-0.2, -0.15) is 0 Å². The van der Waals surface area contributed by atoms with Crippen molar-refractivity contribution in [3.05, 3.63) is 58.2 Å². The highest BCUT2D eigenvalue weighted by molar-refractivity contribution is 7.17. The van der Waals surface area contributed by atoms with Crippen molar-refractivity contribution in [2.24, 2.45) is 5.92 Å². The van der Waals surface area contributed by atoms with E-state index in [0.29, 0.717) is 10.0 Å². The van der Waals surface area contributed by atoms with E-state index in [-0.39, 0.29) is 11.7 Å². The lowest BCUT2D eigenvalue weighted by atomic mass is 9.99. The SMILES string of the molecule is CC1CCN(Cc2csc(NC(=O)c3ccc(-c4ccc(F)cc4)s3)n2)CC1. The van der Waals surface area contributed by atoms with Crippen LogP contribution >= 0.6 is 22.7 Å². The van der Waals surface area contributed by atoms with E-state index in [0.717, 1.165) is 41.7 Å². The molecule has 146 valence electrons. The first-order valence-electron chi connectivity index (χ1n) is 9.41. The Morgan fingerprint density at radius 1 is 1.21 bits per heavy atom. The number of hydrogen-bond acceptors (Lipinski definition) is 5. The molecule has 4 nitrogen and oxygen atoms in total. The summed E-state index contributed by atoms with van der Waals surface area (Å²) >= 11 is 2.85. The Balaban J connectivity index is 1.36. The number of thiazole rings is 1. The molecule has 1 amide bonds. The molecule has 4 rings (SSSR count). The van der Waals surface area contributed by atoms with E-state index in [9.17, 15) is 9.18 Å². The van der Waals surface area contributed by atoms with Crippen molar-refractivity contribution in [3.8, 4) is 10.4 Å². The number of benzene rings is 1. The molecule has 3 aromatic rings. The van der Waals surface area contributed by atoms with Crippen LogP contribution in [0.5, 0.6) is 0 Å². The van der Waals surface area contributed by atoms with Crippen LogP contribution in [0.4, 0.5) is 9.52 Å². The molecule has 0 unspecified atom stereocenters. The fourth-order valence-corrected chi connectivity index (χ4v) is 4.88. The summed E-state index contributed by atoms with van der Waals surface area (Å²) in [5.41, 5.74) is 1.91. The number of nitrogens with one attached hydrogen (secondary N) is 1. The van der Waals surface area contributed by atoms with Crippen LogP contribution in [0.3, 0.4) is 0 Å². The van der Waals surface area contributed by atoms with Gasteiger partial charge in [-0.3, -0.25) is 15.0 Å². The van der Waals surface area contributed by atoms with E-state index in [1.165, 1.54) is 47.6 Å². The van der Waals surface area contributed by atoms with E-state index >= 15 is 0 Å². The Morgan fingerprint density at radius 2 is 1.96 bits per heavy atom. The van der Waals surface area contributed by atoms with Crippen LogP contribution in [0, 0.1) is 11.7 Å². The second-order valence-electron chi connectivity index (χ2n) is 7.23. The third-order valence-corrected chi connectivity index (χ3v) is 6.93. The normalized spacial score (nSPS) is 15.6. The smallest absolute Gasteiger partial charge is 0.267 e. The van der Waals surface area contributed by atoms with Crippen LogP contribution in [0.25, 0.3) is 10.4 Å². The average molecular weight is 416 g/mol. The Kier molecular flexibility index (Phi) is 5.85. The number of piperidine rings is 1. The van der Waals surface area contributed by atoms with E-state index in [4.69, 9.17) is 0 Å². The van der Waals surface area contributed by atoms with Gasteiger partial charge in [0.25, 0.3) is 5.91 Å². The molecular formula is C21H22FN3OS2. The molecule has 1 N–H and O–H groups in total. The fraction of sp³-hybridized carbons (Fsp3) is 0.333. The Labute approximate surface area is 172 Å². The molecule has 1 aromatic carbocycles. The van der Waals surface area contributed by atoms with E-state index < -0.39 is 0 Å². The molecule has 0 bridgehead atoms. The van der Waals surface area contributed by atoms with Gasteiger partial charge in [0.1, 0.15) is 5.82 Å². The summed E-state index contributed by atoms with van der Waals surface area (Å²) in [6.07, 6.45) is 2.48. The first-order valence-corrected chi connectivity index (χ1v) is 11.1. The van der Waals surface area contributed by atoms with Crippen LogP contribution in [0.15, 0.2) is 41.8 Å². The number of nitrogens with zero attached hydrogens (tertiary/aromatic N) is 2. The van der Waals surface area contributed by atoms with Crippen molar-refractivity contribution in [2.75, 3.05) is 18.4 Å². The third kappa shape index (κ3) is 4.66. The summed E-state index contributed by atoms with van der Waals surface area (Å²) in [5.74, 6) is 0.384. The highest BCUT2D eigenvalue weighted by Crippen LogP contribution is 2.29. The summed E-state index contributed by atoms with van der Waals surface area (Å²) in [4.78, 5) is 21.1. The van der Waals surface area contributed by atoms with Gasteiger partial charge in [-0.05, 0) is 61.7 Å². The number of thiophene rings is 1. The monoisotopic (exact) mass is 415 g/mol. The maximum atomic E-state index is 13.1. The van der Waals surface area contributed by atoms with Gasteiger partial charge in [-0.15, -0.1) is 22.7 Å². The zero-order chi connectivity index (χ0) is 19.5. The first kappa shape index (κ1) is 19.2. The van der Waals surface area contributed by atoms with Crippen LogP contribution < -0.4 is 5.32 Å². The molecule has 1 fully saturated rings. The minimum Gasteiger partial charge on any atom is -0.297 e. The van der Waals surface area contributed by atoms with Gasteiger partial charge in [-0.25, -0.2) is 9.37 Å². The molecular weight excluding hydrogens is 393 g/mol. The molecule has 0 aliphatic carbocycles. The minimum atomic E-state index is -0.267. The zero-order valence-electron chi connectivity index (χ0n) is 15.7. The molecule has 0 atom stereocenters. The lowest BCUT2D eigenvalue weighted by Crippen LogP contribution is -2.32. The maximum Gasteiger partial charge on any atom is 0.267 e. The highest BCUT2D eigenvalue weighted by Gasteiger charge is 2.17. The minimum absolute atomic E-state index is 0.161. The standard InChI is InChI=1S/C21H22FN3OS2/c1-14-8-10-25(11-9-14)12-17-13-27-21(23-17)24-20(26)19-7-6-18(28-19)15-2-4-16(22)5-3-15/h2-7,13-14H,8-12H2,1H3,(H,23,24,26). The van der Waals surface area contributed by atoms with Gasteiger partial charge in [0, 0.05) is 16.8 Å². The quantitative estimate of drug-likeness (QED) is 0.599. The van der Waals surface area contributed by atoms with E-state index in [1.807, 2.05) is 11.4 Å². The van der Waals surface area contributed by atoms with Crippen LogP contribution in [-0.4, -0.2) is 28.9 Å². The van der Waals surface area contributed by atoms with Gasteiger partial charge in [-0.1, -0.05) is 19.1 Å². The molecule has 1 aliphatic rings. The maximum absolute atomic E-state index is 13.1. The number of carbonyl (C=O) groups is 1. The van der Waals surface area contributed by atoms with E-state index in [1.54, 1.807) is 18.2 Å².